The number of hydrogen-bond donors (Lipinski definition) is 2. The van der Waals surface area contributed by atoms with Crippen LogP contribution < -0.4 is 16.0 Å². The second-order valence-electron chi connectivity index (χ2n) is 3.64. The molecule has 3 N–H and O–H groups in total. The zero-order valence-corrected chi connectivity index (χ0v) is 9.60. The number of aryl methyl sites for hydroxylation is 1. The van der Waals surface area contributed by atoms with Crippen molar-refractivity contribution in [3.63, 3.8) is 0 Å². The maximum atomic E-state index is 11.2. The number of aromatic amines is 1. The first-order chi connectivity index (χ1) is 8.58. The number of nitrogens with two attached hydrogens (primary N) is 1. The van der Waals surface area contributed by atoms with E-state index >= 15 is 0 Å². The molecule has 2 rings (SSSR count). The van der Waals surface area contributed by atoms with Crippen LogP contribution in [0.5, 0.6) is 11.6 Å². The van der Waals surface area contributed by atoms with Gasteiger partial charge in [-0.05, 0) is 25.1 Å². The van der Waals surface area contributed by atoms with Crippen molar-refractivity contribution in [2.45, 2.75) is 6.92 Å². The van der Waals surface area contributed by atoms with Crippen LogP contribution in [0.3, 0.4) is 0 Å². The molecule has 0 unspecified atom stereocenters. The molecule has 2 aromatic rings. The van der Waals surface area contributed by atoms with E-state index in [1.807, 2.05) is 6.07 Å². The lowest BCUT2D eigenvalue weighted by Crippen LogP contribution is -2.08. The van der Waals surface area contributed by atoms with Crippen molar-refractivity contribution in [2.24, 2.45) is 0 Å². The van der Waals surface area contributed by atoms with Gasteiger partial charge in [-0.25, -0.2) is 4.98 Å². The van der Waals surface area contributed by atoms with Gasteiger partial charge in [-0.3, -0.25) is 4.79 Å². The fourth-order valence-corrected chi connectivity index (χ4v) is 1.43. The van der Waals surface area contributed by atoms with E-state index in [0.29, 0.717) is 22.8 Å². The van der Waals surface area contributed by atoms with Crippen LogP contribution in [-0.2, 0) is 0 Å². The first kappa shape index (κ1) is 11.7. The Morgan fingerprint density at radius 3 is 2.83 bits per heavy atom. The number of aromatic nitrogens is 2. The van der Waals surface area contributed by atoms with Gasteiger partial charge in [0.2, 0.25) is 5.88 Å². The Kier molecular flexibility index (Phi) is 2.98. The zero-order valence-electron chi connectivity index (χ0n) is 9.60. The number of benzene rings is 1. The topological polar surface area (TPSA) is 105 Å². The maximum Gasteiger partial charge on any atom is 0.254 e. The molecule has 0 saturated carbocycles. The number of nitrogens with zero attached hydrogens (tertiary/aromatic N) is 2. The third-order valence-electron chi connectivity index (χ3n) is 2.19. The number of H-pyrrole nitrogens is 1. The average molecular weight is 242 g/mol. The quantitative estimate of drug-likeness (QED) is 0.773. The van der Waals surface area contributed by atoms with Gasteiger partial charge >= 0.3 is 0 Å². The minimum absolute atomic E-state index is 0.160. The molecule has 0 fully saturated rings. The van der Waals surface area contributed by atoms with Crippen LogP contribution in [0.4, 0.5) is 5.69 Å². The predicted octanol–water partition coefficient (Wildman–Crippen LogP) is 1.32. The van der Waals surface area contributed by atoms with Gasteiger partial charge in [0.05, 0.1) is 23.4 Å². The SMILES string of the molecule is Cc1nc(Oc2ccc(C#N)cc2N)cc(=O)[nH]1. The average Bonchev–Trinajstić information content (AvgIpc) is 2.30. The van der Waals surface area contributed by atoms with Gasteiger partial charge in [0.15, 0.2) is 5.75 Å². The number of anilines is 1. The number of rotatable bonds is 2. The summed E-state index contributed by atoms with van der Waals surface area (Å²) in [7, 11) is 0. The summed E-state index contributed by atoms with van der Waals surface area (Å²) in [5.74, 6) is 0.962. The number of nitrogens with one attached hydrogen (secondary N) is 1. The van der Waals surface area contributed by atoms with Gasteiger partial charge in [-0.1, -0.05) is 0 Å². The molecular formula is C12H10N4O2. The second kappa shape index (κ2) is 4.59. The highest BCUT2D eigenvalue weighted by Gasteiger charge is 2.05. The molecule has 1 aromatic carbocycles. The standard InChI is InChI=1S/C12H10N4O2/c1-7-15-11(17)5-12(16-7)18-10-3-2-8(6-13)4-9(10)14/h2-5H,14H2,1H3,(H,15,16,17). The van der Waals surface area contributed by atoms with Crippen LogP contribution in [0.15, 0.2) is 29.1 Å². The highest BCUT2D eigenvalue weighted by molar-refractivity contribution is 5.57. The Bertz CT molecular complexity index is 685. The Morgan fingerprint density at radius 1 is 1.44 bits per heavy atom. The van der Waals surface area contributed by atoms with Gasteiger partial charge < -0.3 is 15.5 Å². The van der Waals surface area contributed by atoms with Crippen molar-refractivity contribution in [1.82, 2.24) is 9.97 Å². The Morgan fingerprint density at radius 2 is 2.22 bits per heavy atom. The Hall–Kier alpha value is -2.81. The maximum absolute atomic E-state index is 11.2. The van der Waals surface area contributed by atoms with Crippen molar-refractivity contribution in [3.05, 3.63) is 46.0 Å². The third-order valence-corrected chi connectivity index (χ3v) is 2.19. The number of hydrogen-bond acceptors (Lipinski definition) is 5. The molecule has 0 aliphatic rings. The summed E-state index contributed by atoms with van der Waals surface area (Å²) in [6.07, 6.45) is 0. The minimum atomic E-state index is -0.301. The summed E-state index contributed by atoms with van der Waals surface area (Å²) in [6.45, 7) is 1.65. The van der Waals surface area contributed by atoms with E-state index in [4.69, 9.17) is 15.7 Å². The van der Waals surface area contributed by atoms with Gasteiger partial charge in [0.1, 0.15) is 5.82 Å². The van der Waals surface area contributed by atoms with Crippen LogP contribution in [0, 0.1) is 18.3 Å². The lowest BCUT2D eigenvalue weighted by Gasteiger charge is -2.07. The highest BCUT2D eigenvalue weighted by Crippen LogP contribution is 2.26. The largest absolute Gasteiger partial charge is 0.437 e. The predicted molar refractivity (Wildman–Crippen MR) is 65.2 cm³/mol. The second-order valence-corrected chi connectivity index (χ2v) is 3.64. The van der Waals surface area contributed by atoms with Crippen molar-refractivity contribution >= 4 is 5.69 Å². The third kappa shape index (κ3) is 2.47. The van der Waals surface area contributed by atoms with Gasteiger partial charge in [-0.15, -0.1) is 0 Å². The van der Waals surface area contributed by atoms with Crippen molar-refractivity contribution < 1.29 is 4.74 Å². The normalized spacial score (nSPS) is 9.78. The van der Waals surface area contributed by atoms with Crippen LogP contribution in [-0.4, -0.2) is 9.97 Å². The molecule has 0 saturated heterocycles. The van der Waals surface area contributed by atoms with Crippen molar-refractivity contribution in [3.8, 4) is 17.7 Å². The first-order valence-corrected chi connectivity index (χ1v) is 5.14. The summed E-state index contributed by atoms with van der Waals surface area (Å²) >= 11 is 0. The molecule has 0 bridgehead atoms. The number of nitriles is 1. The molecule has 18 heavy (non-hydrogen) atoms. The van der Waals surface area contributed by atoms with Gasteiger partial charge in [0.25, 0.3) is 5.56 Å². The molecule has 0 spiro atoms. The summed E-state index contributed by atoms with van der Waals surface area (Å²) < 4.78 is 5.40. The monoisotopic (exact) mass is 242 g/mol. The number of nitrogen functional groups attached to an aromatic ring is 1. The van der Waals surface area contributed by atoms with Crippen LogP contribution >= 0.6 is 0 Å². The Labute approximate surface area is 103 Å². The molecule has 0 atom stereocenters. The van der Waals surface area contributed by atoms with E-state index in [9.17, 15) is 4.79 Å². The first-order valence-electron chi connectivity index (χ1n) is 5.14. The van der Waals surface area contributed by atoms with Crippen LogP contribution in [0.1, 0.15) is 11.4 Å². The van der Waals surface area contributed by atoms with Crippen LogP contribution in [0.2, 0.25) is 0 Å². The molecule has 0 radical (unpaired) electrons. The summed E-state index contributed by atoms with van der Waals surface area (Å²) in [5.41, 5.74) is 6.18. The van der Waals surface area contributed by atoms with Crippen molar-refractivity contribution in [1.29, 1.82) is 5.26 Å². The lowest BCUT2D eigenvalue weighted by atomic mass is 10.2. The molecule has 0 amide bonds. The van der Waals surface area contributed by atoms with E-state index in [1.165, 1.54) is 12.1 Å². The summed E-state index contributed by atoms with van der Waals surface area (Å²) in [6, 6.07) is 7.83. The molecule has 1 heterocycles. The van der Waals surface area contributed by atoms with Gasteiger partial charge in [-0.2, -0.15) is 5.26 Å². The fraction of sp³-hybridized carbons (Fsp3) is 0.0833. The molecule has 6 heteroatoms. The zero-order chi connectivity index (χ0) is 13.1. The molecule has 6 nitrogen and oxygen atoms in total. The van der Waals surface area contributed by atoms with E-state index in [-0.39, 0.29) is 11.4 Å². The van der Waals surface area contributed by atoms with Gasteiger partial charge in [0, 0.05) is 0 Å². The van der Waals surface area contributed by atoms with E-state index < -0.39 is 0 Å². The smallest absolute Gasteiger partial charge is 0.254 e. The lowest BCUT2D eigenvalue weighted by molar-refractivity contribution is 0.461. The molecule has 90 valence electrons. The van der Waals surface area contributed by atoms with E-state index in [1.54, 1.807) is 19.1 Å². The minimum Gasteiger partial charge on any atom is -0.437 e. The fourth-order valence-electron chi connectivity index (χ4n) is 1.43. The highest BCUT2D eigenvalue weighted by atomic mass is 16.5. The molecule has 0 aliphatic heterocycles. The van der Waals surface area contributed by atoms with E-state index in [0.717, 1.165) is 0 Å². The molecule has 1 aromatic heterocycles. The molecule has 0 aliphatic carbocycles. The number of ether oxygens (including phenoxy) is 1. The summed E-state index contributed by atoms with van der Waals surface area (Å²) in [4.78, 5) is 17.8. The van der Waals surface area contributed by atoms with Crippen molar-refractivity contribution in [2.75, 3.05) is 5.73 Å². The van der Waals surface area contributed by atoms with Crippen LogP contribution in [0.25, 0.3) is 0 Å². The van der Waals surface area contributed by atoms with E-state index in [2.05, 4.69) is 9.97 Å². The Balaban J connectivity index is 2.34. The molecular weight excluding hydrogens is 232 g/mol. The summed E-state index contributed by atoms with van der Waals surface area (Å²) in [5, 5.41) is 8.71.